The van der Waals surface area contributed by atoms with E-state index >= 15 is 0 Å². The standard InChI is InChI=1S/C15H26BN.C8H18.C2H4/c1-5-7-13-17(12-6-2)15-10-8-14(9-11-15)16(3)4;1-7(2,3)8(4,5)6;1-2/h8-11H,5-7,12-13H2,1-4H3;1-6H3;1-2H2. The summed E-state index contributed by atoms with van der Waals surface area (Å²) in [4.78, 5) is 2.51. The van der Waals surface area contributed by atoms with Crippen LogP contribution in [-0.4, -0.2) is 19.8 Å². The third-order valence-corrected chi connectivity index (χ3v) is 5.45. The van der Waals surface area contributed by atoms with Gasteiger partial charge in [-0.3, -0.25) is 0 Å². The molecule has 0 spiro atoms. The van der Waals surface area contributed by atoms with Crippen LogP contribution >= 0.6 is 0 Å². The van der Waals surface area contributed by atoms with Gasteiger partial charge in [-0.05, 0) is 35.8 Å². The lowest BCUT2D eigenvalue weighted by Crippen LogP contribution is -2.27. The summed E-state index contributed by atoms with van der Waals surface area (Å²) in [5.41, 5.74) is 3.69. The molecule has 27 heavy (non-hydrogen) atoms. The van der Waals surface area contributed by atoms with Crippen LogP contribution in [0.25, 0.3) is 0 Å². The van der Waals surface area contributed by atoms with Gasteiger partial charge in [0.25, 0.3) is 0 Å². The molecule has 0 heterocycles. The minimum absolute atomic E-state index is 0.437. The maximum absolute atomic E-state index is 3.00. The first-order valence-corrected chi connectivity index (χ1v) is 10.8. The van der Waals surface area contributed by atoms with Crippen molar-refractivity contribution in [3.63, 3.8) is 0 Å². The van der Waals surface area contributed by atoms with E-state index in [4.69, 9.17) is 0 Å². The highest BCUT2D eigenvalue weighted by Gasteiger charge is 2.26. The fraction of sp³-hybridized carbons (Fsp3) is 0.680. The summed E-state index contributed by atoms with van der Waals surface area (Å²) < 4.78 is 0. The highest BCUT2D eigenvalue weighted by atomic mass is 15.1. The number of rotatable bonds is 7. The Kier molecular flexibility index (Phi) is 14.4. The maximum Gasteiger partial charge on any atom is 0.169 e. The predicted octanol–water partition coefficient (Wildman–Crippen LogP) is 7.55. The Morgan fingerprint density at radius 1 is 0.778 bits per heavy atom. The molecule has 0 unspecified atom stereocenters. The maximum atomic E-state index is 3.00. The van der Waals surface area contributed by atoms with E-state index in [-0.39, 0.29) is 0 Å². The lowest BCUT2D eigenvalue weighted by atomic mass is 9.49. The molecule has 0 aliphatic carbocycles. The molecule has 0 aliphatic rings. The Morgan fingerprint density at radius 3 is 1.52 bits per heavy atom. The van der Waals surface area contributed by atoms with Crippen molar-refractivity contribution in [3.05, 3.63) is 37.4 Å². The molecule has 1 aromatic rings. The van der Waals surface area contributed by atoms with Crippen molar-refractivity contribution in [2.24, 2.45) is 10.8 Å². The first-order chi connectivity index (χ1) is 12.4. The summed E-state index contributed by atoms with van der Waals surface area (Å²) in [7, 11) is 0. The molecule has 0 amide bonds. The Hall–Kier alpha value is -1.18. The van der Waals surface area contributed by atoms with Crippen molar-refractivity contribution in [3.8, 4) is 0 Å². The summed E-state index contributed by atoms with van der Waals surface area (Å²) in [5.74, 6) is 0. The summed E-state index contributed by atoms with van der Waals surface area (Å²) >= 11 is 0. The first-order valence-electron chi connectivity index (χ1n) is 10.8. The summed E-state index contributed by atoms with van der Waals surface area (Å²) in [5, 5.41) is 0. The van der Waals surface area contributed by atoms with E-state index in [1.807, 2.05) is 0 Å². The van der Waals surface area contributed by atoms with Gasteiger partial charge in [0.05, 0.1) is 0 Å². The molecule has 2 heteroatoms. The molecule has 1 rings (SSSR count). The second kappa shape index (κ2) is 13.9. The number of nitrogens with zero attached hydrogens (tertiary/aromatic N) is 1. The Bertz CT molecular complexity index is 451. The van der Waals surface area contributed by atoms with E-state index < -0.39 is 0 Å². The number of hydrogen-bond donors (Lipinski definition) is 0. The molecule has 0 fully saturated rings. The van der Waals surface area contributed by atoms with Gasteiger partial charge in [-0.25, -0.2) is 0 Å². The molecule has 0 saturated carbocycles. The van der Waals surface area contributed by atoms with E-state index in [1.165, 1.54) is 43.5 Å². The number of unbranched alkanes of at least 4 members (excludes halogenated alkanes) is 1. The SMILES string of the molecule is C=C.CC(C)(C)C(C)(C)C.CCCCN(CCC)c1ccc(B(C)C)cc1. The summed E-state index contributed by atoms with van der Waals surface area (Å²) in [6.07, 6.45) is 3.77. The minimum Gasteiger partial charge on any atom is -0.372 e. The van der Waals surface area contributed by atoms with Gasteiger partial charge in [0, 0.05) is 18.8 Å². The Labute approximate surface area is 172 Å². The first kappa shape index (κ1) is 28.0. The molecule has 0 N–H and O–H groups in total. The fourth-order valence-electron chi connectivity index (χ4n) is 2.06. The largest absolute Gasteiger partial charge is 0.372 e. The average molecular weight is 373 g/mol. The average Bonchev–Trinajstić information content (AvgIpc) is 2.59. The highest BCUT2D eigenvalue weighted by Crippen LogP contribution is 2.36. The lowest BCUT2D eigenvalue weighted by Gasteiger charge is -2.34. The normalized spacial score (nSPS) is 10.9. The predicted molar refractivity (Wildman–Crippen MR) is 131 cm³/mol. The minimum atomic E-state index is 0.437. The fourth-order valence-corrected chi connectivity index (χ4v) is 2.06. The van der Waals surface area contributed by atoms with Gasteiger partial charge in [-0.1, -0.05) is 93.1 Å². The molecule has 0 saturated heterocycles. The van der Waals surface area contributed by atoms with Gasteiger partial charge in [-0.2, -0.15) is 0 Å². The second-order valence-electron chi connectivity index (χ2n) is 9.59. The Balaban J connectivity index is 0. The molecule has 1 aromatic carbocycles. The van der Waals surface area contributed by atoms with Gasteiger partial charge in [0.15, 0.2) is 6.71 Å². The van der Waals surface area contributed by atoms with Crippen LogP contribution in [0.4, 0.5) is 5.69 Å². The van der Waals surface area contributed by atoms with Crippen molar-refractivity contribution in [2.45, 2.75) is 88.3 Å². The van der Waals surface area contributed by atoms with Gasteiger partial charge in [0.1, 0.15) is 0 Å². The van der Waals surface area contributed by atoms with Gasteiger partial charge < -0.3 is 4.90 Å². The van der Waals surface area contributed by atoms with E-state index in [9.17, 15) is 0 Å². The van der Waals surface area contributed by atoms with Crippen molar-refractivity contribution in [2.75, 3.05) is 18.0 Å². The van der Waals surface area contributed by atoms with E-state index in [0.29, 0.717) is 17.5 Å². The third kappa shape index (κ3) is 12.0. The molecule has 0 aliphatic heterocycles. The molecular formula is C25H48BN. The quantitative estimate of drug-likeness (QED) is 0.352. The number of hydrogen-bond acceptors (Lipinski definition) is 1. The smallest absolute Gasteiger partial charge is 0.169 e. The molecule has 0 atom stereocenters. The number of anilines is 1. The Morgan fingerprint density at radius 2 is 1.22 bits per heavy atom. The topological polar surface area (TPSA) is 3.24 Å². The van der Waals surface area contributed by atoms with E-state index in [1.54, 1.807) is 0 Å². The third-order valence-electron chi connectivity index (χ3n) is 5.45. The second-order valence-corrected chi connectivity index (χ2v) is 9.59. The summed E-state index contributed by atoms with van der Waals surface area (Å²) in [6.45, 7) is 31.6. The van der Waals surface area contributed by atoms with Crippen molar-refractivity contribution in [1.29, 1.82) is 0 Å². The number of benzene rings is 1. The van der Waals surface area contributed by atoms with Gasteiger partial charge in [-0.15, -0.1) is 13.2 Å². The molecule has 0 aromatic heterocycles. The molecule has 156 valence electrons. The van der Waals surface area contributed by atoms with Crippen molar-refractivity contribution < 1.29 is 0 Å². The zero-order valence-electron chi connectivity index (χ0n) is 20.3. The van der Waals surface area contributed by atoms with Crippen LogP contribution in [0.15, 0.2) is 37.4 Å². The molecular weight excluding hydrogens is 325 g/mol. The van der Waals surface area contributed by atoms with Crippen LogP contribution in [-0.2, 0) is 0 Å². The van der Waals surface area contributed by atoms with Crippen molar-refractivity contribution in [1.82, 2.24) is 0 Å². The zero-order valence-corrected chi connectivity index (χ0v) is 20.3. The molecule has 0 radical (unpaired) electrons. The zero-order chi connectivity index (χ0) is 21.7. The van der Waals surface area contributed by atoms with E-state index in [0.717, 1.165) is 0 Å². The van der Waals surface area contributed by atoms with Crippen LogP contribution in [0.1, 0.15) is 74.7 Å². The molecule has 1 nitrogen and oxygen atoms in total. The van der Waals surface area contributed by atoms with Crippen LogP contribution in [0.2, 0.25) is 13.6 Å². The van der Waals surface area contributed by atoms with Gasteiger partial charge in [0.2, 0.25) is 0 Å². The lowest BCUT2D eigenvalue weighted by molar-refractivity contribution is 0.157. The highest BCUT2D eigenvalue weighted by molar-refractivity contribution is 6.70. The van der Waals surface area contributed by atoms with E-state index in [2.05, 4.69) is 111 Å². The van der Waals surface area contributed by atoms with Crippen LogP contribution in [0, 0.1) is 10.8 Å². The van der Waals surface area contributed by atoms with Crippen LogP contribution < -0.4 is 10.4 Å². The monoisotopic (exact) mass is 373 g/mol. The van der Waals surface area contributed by atoms with Crippen molar-refractivity contribution >= 4 is 17.9 Å². The summed E-state index contributed by atoms with van der Waals surface area (Å²) in [6, 6.07) is 9.10. The van der Waals surface area contributed by atoms with Crippen LogP contribution in [0.5, 0.6) is 0 Å². The van der Waals surface area contributed by atoms with Crippen LogP contribution in [0.3, 0.4) is 0 Å². The van der Waals surface area contributed by atoms with Gasteiger partial charge >= 0.3 is 0 Å². The molecule has 0 bridgehead atoms.